The summed E-state index contributed by atoms with van der Waals surface area (Å²) in [6.45, 7) is 4.46. The Bertz CT molecular complexity index is 1220. The summed E-state index contributed by atoms with van der Waals surface area (Å²) in [5.41, 5.74) is 2.53. The van der Waals surface area contributed by atoms with Crippen LogP contribution in [0.2, 0.25) is 0 Å². The van der Waals surface area contributed by atoms with E-state index >= 15 is 0 Å². The molecule has 0 atom stereocenters. The SMILES string of the molecule is CC(C)c1cc2c(ccc3c4cc5ccccc5cc4ccc23)[nH]1. The van der Waals surface area contributed by atoms with Crippen LogP contribution in [0.4, 0.5) is 0 Å². The Morgan fingerprint density at radius 2 is 1.33 bits per heavy atom. The van der Waals surface area contributed by atoms with Crippen molar-refractivity contribution in [3.8, 4) is 0 Å². The number of H-pyrrole nitrogens is 1. The molecule has 1 heterocycles. The standard InChI is InChI=1S/C23H19N/c1-14(2)23-13-21-19-8-7-17-11-15-5-3-4-6-16(15)12-20(17)18(19)9-10-22(21)24-23/h3-14,24H,1-2H3. The van der Waals surface area contributed by atoms with Crippen molar-refractivity contribution >= 4 is 43.2 Å². The highest BCUT2D eigenvalue weighted by atomic mass is 14.7. The summed E-state index contributed by atoms with van der Waals surface area (Å²) in [6.07, 6.45) is 0. The van der Waals surface area contributed by atoms with Gasteiger partial charge in [0.2, 0.25) is 0 Å². The molecule has 5 rings (SSSR count). The van der Waals surface area contributed by atoms with Crippen LogP contribution in [0.3, 0.4) is 0 Å². The summed E-state index contributed by atoms with van der Waals surface area (Å²) < 4.78 is 0. The van der Waals surface area contributed by atoms with Gasteiger partial charge < -0.3 is 4.98 Å². The fourth-order valence-electron chi connectivity index (χ4n) is 3.78. The average Bonchev–Trinajstić information content (AvgIpc) is 3.04. The molecule has 0 unspecified atom stereocenters. The summed E-state index contributed by atoms with van der Waals surface area (Å²) >= 11 is 0. The predicted octanol–water partition coefficient (Wildman–Crippen LogP) is 6.75. The lowest BCUT2D eigenvalue weighted by Crippen LogP contribution is -1.84. The van der Waals surface area contributed by atoms with Crippen molar-refractivity contribution in [1.82, 2.24) is 4.98 Å². The fourth-order valence-corrected chi connectivity index (χ4v) is 3.78. The zero-order valence-electron chi connectivity index (χ0n) is 13.9. The Morgan fingerprint density at radius 1 is 0.625 bits per heavy atom. The third kappa shape index (κ3) is 1.88. The van der Waals surface area contributed by atoms with Crippen molar-refractivity contribution in [2.24, 2.45) is 0 Å². The third-order valence-corrected chi connectivity index (χ3v) is 5.13. The lowest BCUT2D eigenvalue weighted by molar-refractivity contribution is 0.836. The molecule has 0 aliphatic heterocycles. The topological polar surface area (TPSA) is 15.8 Å². The van der Waals surface area contributed by atoms with Crippen LogP contribution in [0.5, 0.6) is 0 Å². The van der Waals surface area contributed by atoms with E-state index in [-0.39, 0.29) is 0 Å². The van der Waals surface area contributed by atoms with Crippen molar-refractivity contribution in [3.05, 3.63) is 72.4 Å². The van der Waals surface area contributed by atoms with Crippen molar-refractivity contribution in [2.45, 2.75) is 19.8 Å². The minimum Gasteiger partial charge on any atom is -0.358 e. The van der Waals surface area contributed by atoms with Crippen molar-refractivity contribution < 1.29 is 0 Å². The highest BCUT2D eigenvalue weighted by molar-refractivity contribution is 6.18. The van der Waals surface area contributed by atoms with Crippen LogP contribution >= 0.6 is 0 Å². The summed E-state index contributed by atoms with van der Waals surface area (Å²) in [6, 6.07) is 24.5. The highest BCUT2D eigenvalue weighted by Crippen LogP contribution is 2.34. The number of rotatable bonds is 1. The lowest BCUT2D eigenvalue weighted by atomic mass is 9.96. The monoisotopic (exact) mass is 309 g/mol. The molecule has 0 saturated carbocycles. The second kappa shape index (κ2) is 4.85. The van der Waals surface area contributed by atoms with E-state index in [1.54, 1.807) is 0 Å². The molecule has 0 radical (unpaired) electrons. The molecule has 0 bridgehead atoms. The molecule has 1 N–H and O–H groups in total. The maximum atomic E-state index is 3.56. The van der Waals surface area contributed by atoms with Gasteiger partial charge in [-0.25, -0.2) is 0 Å². The number of aromatic amines is 1. The van der Waals surface area contributed by atoms with Gasteiger partial charge in [-0.2, -0.15) is 0 Å². The van der Waals surface area contributed by atoms with E-state index in [2.05, 4.69) is 85.6 Å². The van der Waals surface area contributed by atoms with Crippen molar-refractivity contribution in [2.75, 3.05) is 0 Å². The van der Waals surface area contributed by atoms with E-state index < -0.39 is 0 Å². The summed E-state index contributed by atoms with van der Waals surface area (Å²) in [5, 5.41) is 9.23. The Hall–Kier alpha value is -2.80. The number of nitrogens with one attached hydrogen (secondary N) is 1. The first-order chi connectivity index (χ1) is 11.7. The van der Waals surface area contributed by atoms with Gasteiger partial charge >= 0.3 is 0 Å². The quantitative estimate of drug-likeness (QED) is 0.260. The first-order valence-electron chi connectivity index (χ1n) is 8.57. The van der Waals surface area contributed by atoms with Crippen LogP contribution in [0.15, 0.2) is 66.7 Å². The molecule has 24 heavy (non-hydrogen) atoms. The second-order valence-electron chi connectivity index (χ2n) is 6.99. The molecule has 116 valence electrons. The van der Waals surface area contributed by atoms with E-state index in [4.69, 9.17) is 0 Å². The van der Waals surface area contributed by atoms with Crippen LogP contribution in [0.25, 0.3) is 43.2 Å². The summed E-state index contributed by atoms with van der Waals surface area (Å²) in [7, 11) is 0. The second-order valence-corrected chi connectivity index (χ2v) is 6.99. The first-order valence-corrected chi connectivity index (χ1v) is 8.57. The molecular weight excluding hydrogens is 290 g/mol. The first kappa shape index (κ1) is 13.6. The number of aromatic nitrogens is 1. The van der Waals surface area contributed by atoms with Gasteiger partial charge in [0.1, 0.15) is 0 Å². The molecule has 0 aliphatic rings. The fraction of sp³-hybridized carbons (Fsp3) is 0.130. The average molecular weight is 309 g/mol. The van der Waals surface area contributed by atoms with Crippen LogP contribution < -0.4 is 0 Å². The van der Waals surface area contributed by atoms with Gasteiger partial charge in [0.25, 0.3) is 0 Å². The molecule has 0 amide bonds. The Balaban J connectivity index is 1.92. The van der Waals surface area contributed by atoms with Gasteiger partial charge in [-0.1, -0.05) is 56.3 Å². The van der Waals surface area contributed by atoms with Crippen molar-refractivity contribution in [1.29, 1.82) is 0 Å². The molecule has 0 saturated heterocycles. The minimum absolute atomic E-state index is 0.511. The van der Waals surface area contributed by atoms with Crippen LogP contribution in [-0.4, -0.2) is 4.98 Å². The maximum absolute atomic E-state index is 3.56. The zero-order valence-corrected chi connectivity index (χ0v) is 13.9. The van der Waals surface area contributed by atoms with Gasteiger partial charge in [0.15, 0.2) is 0 Å². The Morgan fingerprint density at radius 3 is 2.12 bits per heavy atom. The smallest absolute Gasteiger partial charge is 0.0462 e. The lowest BCUT2D eigenvalue weighted by Gasteiger charge is -2.07. The summed E-state index contributed by atoms with van der Waals surface area (Å²) in [5.74, 6) is 0.511. The molecule has 0 spiro atoms. The Kier molecular flexibility index (Phi) is 2.75. The van der Waals surface area contributed by atoms with E-state index in [0.717, 1.165) is 0 Å². The van der Waals surface area contributed by atoms with E-state index in [0.29, 0.717) is 5.92 Å². The van der Waals surface area contributed by atoms with E-state index in [9.17, 15) is 0 Å². The molecule has 4 aromatic carbocycles. The number of fused-ring (bicyclic) bond motifs is 6. The minimum atomic E-state index is 0.511. The van der Waals surface area contributed by atoms with E-state index in [1.807, 2.05) is 0 Å². The predicted molar refractivity (Wildman–Crippen MR) is 105 cm³/mol. The molecule has 1 aromatic heterocycles. The van der Waals surface area contributed by atoms with Crippen LogP contribution in [-0.2, 0) is 0 Å². The molecule has 1 heteroatoms. The third-order valence-electron chi connectivity index (χ3n) is 5.13. The number of benzene rings is 4. The van der Waals surface area contributed by atoms with E-state index in [1.165, 1.54) is 48.9 Å². The van der Waals surface area contributed by atoms with Gasteiger partial charge in [0.05, 0.1) is 0 Å². The van der Waals surface area contributed by atoms with Crippen LogP contribution in [0, 0.1) is 0 Å². The van der Waals surface area contributed by atoms with Gasteiger partial charge in [-0.15, -0.1) is 0 Å². The van der Waals surface area contributed by atoms with Gasteiger partial charge in [-0.3, -0.25) is 0 Å². The molecule has 5 aromatic rings. The van der Waals surface area contributed by atoms with Crippen LogP contribution in [0.1, 0.15) is 25.5 Å². The van der Waals surface area contributed by atoms with Gasteiger partial charge in [-0.05, 0) is 62.5 Å². The number of hydrogen-bond acceptors (Lipinski definition) is 0. The molecule has 0 fully saturated rings. The number of hydrogen-bond donors (Lipinski definition) is 1. The largest absolute Gasteiger partial charge is 0.358 e. The zero-order chi connectivity index (χ0) is 16.3. The maximum Gasteiger partial charge on any atom is 0.0462 e. The summed E-state index contributed by atoms with van der Waals surface area (Å²) in [4.78, 5) is 3.56. The highest BCUT2D eigenvalue weighted by Gasteiger charge is 2.09. The molecule has 1 nitrogen and oxygen atoms in total. The molecular formula is C23H19N. The van der Waals surface area contributed by atoms with Gasteiger partial charge in [0, 0.05) is 16.6 Å². The normalized spacial score (nSPS) is 12.1. The Labute approximate surface area is 140 Å². The van der Waals surface area contributed by atoms with Crippen molar-refractivity contribution in [3.63, 3.8) is 0 Å². The molecule has 0 aliphatic carbocycles.